The van der Waals surface area contributed by atoms with Crippen LogP contribution in [0.4, 0.5) is 0 Å². The first-order chi connectivity index (χ1) is 11.1. The van der Waals surface area contributed by atoms with Crippen molar-refractivity contribution in [1.82, 2.24) is 0 Å². The van der Waals surface area contributed by atoms with Crippen LogP contribution in [0.2, 0.25) is 0 Å². The average molecular weight is 332 g/mol. The van der Waals surface area contributed by atoms with Crippen molar-refractivity contribution in [3.63, 3.8) is 0 Å². The first-order valence-corrected chi connectivity index (χ1v) is 9.08. The van der Waals surface area contributed by atoms with E-state index in [2.05, 4.69) is 0 Å². The predicted octanol–water partition coefficient (Wildman–Crippen LogP) is 2.40. The summed E-state index contributed by atoms with van der Waals surface area (Å²) in [6.45, 7) is 8.52. The van der Waals surface area contributed by atoms with Crippen LogP contribution in [0.1, 0.15) is 47.0 Å². The van der Waals surface area contributed by atoms with E-state index in [9.17, 15) is 15.0 Å². The smallest absolute Gasteiger partial charge is 0.175 e. The van der Waals surface area contributed by atoms with E-state index >= 15 is 0 Å². The van der Waals surface area contributed by atoms with E-state index in [4.69, 9.17) is 4.74 Å². The highest BCUT2D eigenvalue weighted by atomic mass is 16.5. The summed E-state index contributed by atoms with van der Waals surface area (Å²) in [4.78, 5) is 13.3. The maximum atomic E-state index is 13.3. The monoisotopic (exact) mass is 332 g/mol. The fourth-order valence-electron chi connectivity index (χ4n) is 5.70. The molecule has 1 saturated heterocycles. The summed E-state index contributed by atoms with van der Waals surface area (Å²) in [7, 11) is 0. The molecule has 0 aromatic carbocycles. The second kappa shape index (κ2) is 4.80. The molecule has 0 aromatic heterocycles. The second-order valence-electron chi connectivity index (χ2n) is 9.03. The molecule has 2 unspecified atom stereocenters. The third kappa shape index (κ3) is 1.82. The summed E-state index contributed by atoms with van der Waals surface area (Å²) >= 11 is 0. The summed E-state index contributed by atoms with van der Waals surface area (Å²) in [6.07, 6.45) is 4.83. The molecule has 4 heteroatoms. The summed E-state index contributed by atoms with van der Waals surface area (Å²) in [5.74, 6) is 0.137. The predicted molar refractivity (Wildman–Crippen MR) is 90.3 cm³/mol. The SMILES string of the molecule is CC1=C2[C@@H](O)C(=O)[C@]3(C)C=CC4OC[C@H]4C3C[C@](O)(CC1)C2(C)C. The lowest BCUT2D eigenvalue weighted by molar-refractivity contribution is -0.182. The third-order valence-electron chi connectivity index (χ3n) is 7.64. The van der Waals surface area contributed by atoms with E-state index in [0.717, 1.165) is 17.6 Å². The highest BCUT2D eigenvalue weighted by Crippen LogP contribution is 2.59. The Hall–Kier alpha value is -0.970. The zero-order valence-electron chi connectivity index (χ0n) is 15.0. The van der Waals surface area contributed by atoms with Crippen LogP contribution < -0.4 is 0 Å². The van der Waals surface area contributed by atoms with Gasteiger partial charge in [0.2, 0.25) is 0 Å². The van der Waals surface area contributed by atoms with E-state index in [1.54, 1.807) is 0 Å². The molecule has 2 N–H and O–H groups in total. The molecule has 1 heterocycles. The minimum absolute atomic E-state index is 0.00707. The van der Waals surface area contributed by atoms with E-state index < -0.39 is 22.5 Å². The first kappa shape index (κ1) is 16.5. The van der Waals surface area contributed by atoms with Gasteiger partial charge in [-0.2, -0.15) is 0 Å². The number of Topliss-reactive ketones (excluding diaryl/α,β-unsaturated/α-hetero) is 1. The van der Waals surface area contributed by atoms with Gasteiger partial charge in [0, 0.05) is 11.3 Å². The molecule has 0 aromatic rings. The van der Waals surface area contributed by atoms with Gasteiger partial charge >= 0.3 is 0 Å². The van der Waals surface area contributed by atoms with E-state index in [1.807, 2.05) is 39.8 Å². The van der Waals surface area contributed by atoms with Gasteiger partial charge in [-0.3, -0.25) is 4.79 Å². The number of rotatable bonds is 0. The van der Waals surface area contributed by atoms with Crippen molar-refractivity contribution in [2.24, 2.45) is 22.7 Å². The minimum Gasteiger partial charge on any atom is -0.389 e. The standard InChI is InChI=1S/C20H28O4/c1-11-5-8-20(23)9-13-12-10-24-14(12)6-7-19(13,4)17(22)16(21)15(11)18(20,2)3/h6-7,12-14,16,21,23H,5,8-10H2,1-4H3/t12-,13?,14?,16+,19+,20+/m0/s1. The number of hydrogen-bond donors (Lipinski definition) is 2. The van der Waals surface area contributed by atoms with Crippen molar-refractivity contribution in [3.8, 4) is 0 Å². The van der Waals surface area contributed by atoms with Crippen molar-refractivity contribution in [1.29, 1.82) is 0 Å². The molecule has 0 spiro atoms. The van der Waals surface area contributed by atoms with Crippen molar-refractivity contribution < 1.29 is 19.7 Å². The molecule has 24 heavy (non-hydrogen) atoms. The van der Waals surface area contributed by atoms with Gasteiger partial charge in [-0.05, 0) is 44.6 Å². The number of aliphatic hydroxyl groups excluding tert-OH is 1. The largest absolute Gasteiger partial charge is 0.389 e. The fourth-order valence-corrected chi connectivity index (χ4v) is 5.70. The Morgan fingerprint density at radius 2 is 2.00 bits per heavy atom. The maximum absolute atomic E-state index is 13.3. The molecule has 1 saturated carbocycles. The van der Waals surface area contributed by atoms with Gasteiger partial charge in [0.25, 0.3) is 0 Å². The summed E-state index contributed by atoms with van der Waals surface area (Å²) < 4.78 is 5.62. The summed E-state index contributed by atoms with van der Waals surface area (Å²) in [6, 6.07) is 0. The normalized spacial score (nSPS) is 49.7. The maximum Gasteiger partial charge on any atom is 0.175 e. The van der Waals surface area contributed by atoms with Crippen molar-refractivity contribution >= 4 is 5.78 Å². The Labute approximate surface area is 143 Å². The highest BCUT2D eigenvalue weighted by molar-refractivity contribution is 5.93. The van der Waals surface area contributed by atoms with Gasteiger partial charge in [-0.1, -0.05) is 31.6 Å². The lowest BCUT2D eigenvalue weighted by atomic mass is 9.49. The van der Waals surface area contributed by atoms with Crippen LogP contribution in [-0.2, 0) is 9.53 Å². The van der Waals surface area contributed by atoms with Gasteiger partial charge in [0.05, 0.1) is 23.7 Å². The number of hydrogen-bond acceptors (Lipinski definition) is 4. The lowest BCUT2D eigenvalue weighted by Gasteiger charge is -2.59. The zero-order chi connectivity index (χ0) is 17.5. The molecule has 4 nitrogen and oxygen atoms in total. The molecule has 0 radical (unpaired) electrons. The van der Waals surface area contributed by atoms with E-state index in [-0.39, 0.29) is 23.7 Å². The van der Waals surface area contributed by atoms with Gasteiger partial charge in [-0.25, -0.2) is 0 Å². The molecule has 132 valence electrons. The number of aliphatic hydroxyl groups is 2. The molecule has 0 amide bonds. The highest BCUT2D eigenvalue weighted by Gasteiger charge is 2.62. The van der Waals surface area contributed by atoms with Crippen LogP contribution in [0.3, 0.4) is 0 Å². The van der Waals surface area contributed by atoms with E-state index in [0.29, 0.717) is 19.4 Å². The van der Waals surface area contributed by atoms with Gasteiger partial charge in [0.15, 0.2) is 5.78 Å². The molecule has 2 bridgehead atoms. The van der Waals surface area contributed by atoms with Crippen LogP contribution in [0.25, 0.3) is 0 Å². The van der Waals surface area contributed by atoms with Crippen LogP contribution in [-0.4, -0.2) is 40.4 Å². The Morgan fingerprint density at radius 3 is 2.62 bits per heavy atom. The number of carbonyl (C=O) groups is 1. The first-order valence-electron chi connectivity index (χ1n) is 9.08. The number of allylic oxidation sites excluding steroid dienone is 2. The molecule has 4 rings (SSSR count). The molecule has 4 aliphatic rings. The Balaban J connectivity index is 1.91. The fraction of sp³-hybridized carbons (Fsp3) is 0.750. The quantitative estimate of drug-likeness (QED) is 0.669. The zero-order valence-corrected chi connectivity index (χ0v) is 15.0. The molecule has 2 fully saturated rings. The third-order valence-corrected chi connectivity index (χ3v) is 7.64. The van der Waals surface area contributed by atoms with Crippen LogP contribution >= 0.6 is 0 Å². The van der Waals surface area contributed by atoms with Crippen molar-refractivity contribution in [2.45, 2.75) is 64.8 Å². The molecular formula is C20H28O4. The minimum atomic E-state index is -1.14. The summed E-state index contributed by atoms with van der Waals surface area (Å²) in [5, 5.41) is 22.6. The Bertz CT molecular complexity index is 661. The van der Waals surface area contributed by atoms with Gasteiger partial charge in [0.1, 0.15) is 6.10 Å². The lowest BCUT2D eigenvalue weighted by Crippen LogP contribution is -2.63. The Morgan fingerprint density at radius 1 is 1.29 bits per heavy atom. The number of fused-ring (bicyclic) bond motifs is 5. The number of ketones is 1. The van der Waals surface area contributed by atoms with Crippen LogP contribution in [0, 0.1) is 22.7 Å². The number of carbonyl (C=O) groups excluding carboxylic acids is 1. The molecule has 1 aliphatic heterocycles. The average Bonchev–Trinajstić information content (AvgIpc) is 2.47. The molecular weight excluding hydrogens is 304 g/mol. The molecule has 6 atom stereocenters. The van der Waals surface area contributed by atoms with Crippen LogP contribution in [0.15, 0.2) is 23.3 Å². The van der Waals surface area contributed by atoms with Crippen molar-refractivity contribution in [3.05, 3.63) is 23.3 Å². The Kier molecular flexibility index (Phi) is 3.30. The second-order valence-corrected chi connectivity index (χ2v) is 9.03. The number of ether oxygens (including phenoxy) is 1. The summed E-state index contributed by atoms with van der Waals surface area (Å²) in [5.41, 5.74) is -0.454. The van der Waals surface area contributed by atoms with Gasteiger partial charge < -0.3 is 14.9 Å². The molecule has 3 aliphatic carbocycles. The van der Waals surface area contributed by atoms with Crippen molar-refractivity contribution in [2.75, 3.05) is 6.61 Å². The van der Waals surface area contributed by atoms with Crippen LogP contribution in [0.5, 0.6) is 0 Å². The topological polar surface area (TPSA) is 66.8 Å². The van der Waals surface area contributed by atoms with Gasteiger partial charge in [-0.15, -0.1) is 0 Å². The van der Waals surface area contributed by atoms with E-state index in [1.165, 1.54) is 0 Å².